The van der Waals surface area contributed by atoms with Crippen LogP contribution in [0.3, 0.4) is 0 Å². The molecule has 0 aromatic heterocycles. The summed E-state index contributed by atoms with van der Waals surface area (Å²) in [7, 11) is 0. The van der Waals surface area contributed by atoms with Crippen LogP contribution < -0.4 is 0 Å². The Kier molecular flexibility index (Phi) is 4.97. The standard InChI is InChI=1S/C20H16O/c1-16-7-3-4-8-18-9-5-6-10-19(15-18)13-14-20(21)17(2)12-11-16/h5-6,9-14H,15H2,1-2H3/b14-13+,16-11-,17-12+. The summed E-state index contributed by atoms with van der Waals surface area (Å²) < 4.78 is 0. The zero-order valence-electron chi connectivity index (χ0n) is 12.2. The van der Waals surface area contributed by atoms with Gasteiger partial charge in [0.05, 0.1) is 0 Å². The molecule has 21 heavy (non-hydrogen) atoms. The molecule has 2 aliphatic carbocycles. The van der Waals surface area contributed by atoms with Crippen LogP contribution in [0.15, 0.2) is 70.9 Å². The highest BCUT2D eigenvalue weighted by Gasteiger charge is 2.02. The van der Waals surface area contributed by atoms with E-state index in [0.717, 1.165) is 16.7 Å². The highest BCUT2D eigenvalue weighted by Crippen LogP contribution is 2.16. The summed E-state index contributed by atoms with van der Waals surface area (Å²) in [5, 5.41) is 0. The van der Waals surface area contributed by atoms with E-state index in [2.05, 4.69) is 23.7 Å². The van der Waals surface area contributed by atoms with Crippen molar-refractivity contribution >= 4 is 5.78 Å². The predicted molar refractivity (Wildman–Crippen MR) is 87.1 cm³/mol. The number of fused-ring (bicyclic) bond motifs is 2. The lowest BCUT2D eigenvalue weighted by Crippen LogP contribution is -1.94. The predicted octanol–water partition coefficient (Wildman–Crippen LogP) is 3.84. The van der Waals surface area contributed by atoms with Crippen molar-refractivity contribution in [3.63, 3.8) is 0 Å². The molecule has 0 spiro atoms. The summed E-state index contributed by atoms with van der Waals surface area (Å²) in [4.78, 5) is 12.0. The van der Waals surface area contributed by atoms with Gasteiger partial charge in [0.1, 0.15) is 0 Å². The minimum Gasteiger partial charge on any atom is -0.290 e. The van der Waals surface area contributed by atoms with Crippen molar-refractivity contribution in [2.24, 2.45) is 0 Å². The molecule has 0 aromatic rings. The fraction of sp³-hybridized carbons (Fsp3) is 0.150. The van der Waals surface area contributed by atoms with Crippen LogP contribution in [0.2, 0.25) is 0 Å². The first-order valence-electron chi connectivity index (χ1n) is 6.81. The van der Waals surface area contributed by atoms with Crippen LogP contribution in [0.1, 0.15) is 20.3 Å². The fourth-order valence-electron chi connectivity index (χ4n) is 1.82. The molecule has 0 amide bonds. The average Bonchev–Trinajstić information content (AvgIpc) is 2.71. The van der Waals surface area contributed by atoms with Crippen LogP contribution in [0.5, 0.6) is 0 Å². The van der Waals surface area contributed by atoms with Gasteiger partial charge in [-0.05, 0) is 48.5 Å². The van der Waals surface area contributed by atoms with Crippen molar-refractivity contribution in [2.75, 3.05) is 0 Å². The molecule has 0 aliphatic heterocycles. The van der Waals surface area contributed by atoms with Gasteiger partial charge in [0.2, 0.25) is 0 Å². The minimum atomic E-state index is 0.00908. The second-order valence-electron chi connectivity index (χ2n) is 4.89. The Morgan fingerprint density at radius 3 is 2.52 bits per heavy atom. The number of carbonyl (C=O) groups excluding carboxylic acids is 1. The molecule has 0 unspecified atom stereocenters. The van der Waals surface area contributed by atoms with Crippen molar-refractivity contribution in [2.45, 2.75) is 20.3 Å². The topological polar surface area (TPSA) is 17.1 Å². The Morgan fingerprint density at radius 2 is 1.67 bits per heavy atom. The van der Waals surface area contributed by atoms with Crippen molar-refractivity contribution in [3.05, 3.63) is 70.9 Å². The van der Waals surface area contributed by atoms with Crippen molar-refractivity contribution in [1.29, 1.82) is 0 Å². The van der Waals surface area contributed by atoms with E-state index >= 15 is 0 Å². The molecule has 0 N–H and O–H groups in total. The maximum absolute atomic E-state index is 12.0. The average molecular weight is 272 g/mol. The molecule has 0 heterocycles. The van der Waals surface area contributed by atoms with Gasteiger partial charge in [-0.3, -0.25) is 4.79 Å². The highest BCUT2D eigenvalue weighted by molar-refractivity contribution is 6.03. The van der Waals surface area contributed by atoms with Gasteiger partial charge in [-0.15, -0.1) is 0 Å². The van der Waals surface area contributed by atoms with E-state index in [1.165, 1.54) is 0 Å². The van der Waals surface area contributed by atoms with E-state index in [-0.39, 0.29) is 5.78 Å². The molecule has 2 aliphatic rings. The molecule has 0 aromatic carbocycles. The summed E-state index contributed by atoms with van der Waals surface area (Å²) in [6, 6.07) is 0. The van der Waals surface area contributed by atoms with Gasteiger partial charge in [0.25, 0.3) is 0 Å². The summed E-state index contributed by atoms with van der Waals surface area (Å²) in [5.74, 6) is 11.8. The minimum absolute atomic E-state index is 0.00908. The molecular weight excluding hydrogens is 256 g/mol. The summed E-state index contributed by atoms with van der Waals surface area (Å²) in [6.45, 7) is 3.71. The van der Waals surface area contributed by atoms with Crippen LogP contribution in [0.25, 0.3) is 0 Å². The third-order valence-corrected chi connectivity index (χ3v) is 3.08. The van der Waals surface area contributed by atoms with E-state index in [9.17, 15) is 4.79 Å². The van der Waals surface area contributed by atoms with Crippen LogP contribution in [-0.4, -0.2) is 5.78 Å². The lowest BCUT2D eigenvalue weighted by Gasteiger charge is -2.00. The fourth-order valence-corrected chi connectivity index (χ4v) is 1.82. The summed E-state index contributed by atoms with van der Waals surface area (Å²) in [6.07, 6.45) is 15.7. The maximum Gasteiger partial charge on any atom is 0.181 e. The van der Waals surface area contributed by atoms with Crippen molar-refractivity contribution in [3.8, 4) is 23.7 Å². The number of carbonyl (C=O) groups is 1. The quantitative estimate of drug-likeness (QED) is 0.612. The smallest absolute Gasteiger partial charge is 0.181 e. The third-order valence-electron chi connectivity index (χ3n) is 3.08. The first kappa shape index (κ1) is 14.6. The van der Waals surface area contributed by atoms with Crippen LogP contribution in [0.4, 0.5) is 0 Å². The van der Waals surface area contributed by atoms with Gasteiger partial charge in [-0.2, -0.15) is 0 Å². The number of rotatable bonds is 0. The first-order valence-corrected chi connectivity index (χ1v) is 6.81. The van der Waals surface area contributed by atoms with Crippen LogP contribution in [0, 0.1) is 23.7 Å². The molecule has 0 radical (unpaired) electrons. The zero-order valence-corrected chi connectivity index (χ0v) is 12.2. The van der Waals surface area contributed by atoms with Crippen molar-refractivity contribution in [1.82, 2.24) is 0 Å². The third kappa shape index (κ3) is 4.68. The van der Waals surface area contributed by atoms with E-state index in [0.29, 0.717) is 12.0 Å². The van der Waals surface area contributed by atoms with E-state index in [1.54, 1.807) is 12.2 Å². The molecule has 0 saturated heterocycles. The van der Waals surface area contributed by atoms with Gasteiger partial charge < -0.3 is 0 Å². The number of allylic oxidation sites excluding steroid dienone is 12. The van der Waals surface area contributed by atoms with Gasteiger partial charge in [0, 0.05) is 12.0 Å². The van der Waals surface area contributed by atoms with Crippen LogP contribution >= 0.6 is 0 Å². The Morgan fingerprint density at radius 1 is 0.905 bits per heavy atom. The highest BCUT2D eigenvalue weighted by atomic mass is 16.1. The lowest BCUT2D eigenvalue weighted by atomic mass is 10.0. The molecule has 2 rings (SSSR count). The molecule has 1 heteroatoms. The number of hydrogen-bond donors (Lipinski definition) is 0. The summed E-state index contributed by atoms with van der Waals surface area (Å²) >= 11 is 0. The second-order valence-corrected chi connectivity index (χ2v) is 4.89. The van der Waals surface area contributed by atoms with Crippen molar-refractivity contribution < 1.29 is 4.79 Å². The van der Waals surface area contributed by atoms with Gasteiger partial charge >= 0.3 is 0 Å². The normalized spacial score (nSPS) is 24.2. The van der Waals surface area contributed by atoms with E-state index in [4.69, 9.17) is 0 Å². The maximum atomic E-state index is 12.0. The SMILES string of the molecule is C/C1=C/C=C(\C)C(=O)/C=C/C2=CC=CC=C(C#CC#C1)C2. The van der Waals surface area contributed by atoms with Gasteiger partial charge in [0.15, 0.2) is 5.78 Å². The first-order chi connectivity index (χ1) is 10.1. The molecule has 0 saturated carbocycles. The Balaban J connectivity index is 2.45. The van der Waals surface area contributed by atoms with Crippen LogP contribution in [-0.2, 0) is 4.79 Å². The summed E-state index contributed by atoms with van der Waals surface area (Å²) in [5.41, 5.74) is 3.62. The second kappa shape index (κ2) is 7.13. The Bertz CT molecular complexity index is 754. The Labute approximate surface area is 126 Å². The zero-order chi connectivity index (χ0) is 15.1. The molecule has 102 valence electrons. The monoisotopic (exact) mass is 272 g/mol. The van der Waals surface area contributed by atoms with Gasteiger partial charge in [-0.25, -0.2) is 0 Å². The molecule has 1 nitrogen and oxygen atoms in total. The van der Waals surface area contributed by atoms with E-state index < -0.39 is 0 Å². The number of hydrogen-bond acceptors (Lipinski definition) is 1. The molecule has 2 bridgehead atoms. The molecular formula is C20H16O. The largest absolute Gasteiger partial charge is 0.290 e. The molecule has 0 atom stereocenters. The molecule has 0 fully saturated rings. The van der Waals surface area contributed by atoms with Gasteiger partial charge in [-0.1, -0.05) is 54.4 Å². The Hall–Kier alpha value is -2.77. The lowest BCUT2D eigenvalue weighted by molar-refractivity contribution is -0.111. The van der Waals surface area contributed by atoms with E-state index in [1.807, 2.05) is 50.3 Å². The number of ketones is 1.